The fourth-order valence-corrected chi connectivity index (χ4v) is 1.33. The molecule has 0 rings (SSSR count). The molecule has 0 saturated heterocycles. The summed E-state index contributed by atoms with van der Waals surface area (Å²) >= 11 is 0. The summed E-state index contributed by atoms with van der Waals surface area (Å²) in [5.41, 5.74) is -0.776. The van der Waals surface area contributed by atoms with Gasteiger partial charge in [0.25, 0.3) is 0 Å². The van der Waals surface area contributed by atoms with Gasteiger partial charge in [-0.3, -0.25) is 0 Å². The molecular formula is C15H22O6. The van der Waals surface area contributed by atoms with Crippen molar-refractivity contribution in [1.29, 1.82) is 0 Å². The minimum Gasteiger partial charge on any atom is -0.462 e. The largest absolute Gasteiger partial charge is 0.462 e. The van der Waals surface area contributed by atoms with Gasteiger partial charge in [0.05, 0.1) is 12.0 Å². The zero-order valence-corrected chi connectivity index (χ0v) is 12.2. The highest BCUT2D eigenvalue weighted by Crippen LogP contribution is 2.25. The molecule has 0 aliphatic rings. The molecule has 0 amide bonds. The quantitative estimate of drug-likeness (QED) is 0.268. The standard InChI is InChI=1S/C15H22O6/c1-5-12(16)19-9-15(8-4,10-20-13(17)6-2)11-21-14(18)7-3/h5-7,12,16H,1-3,8-11H2,4H3/t12-/m1/s1. The Kier molecular flexibility index (Phi) is 9.00. The molecule has 6 heteroatoms. The van der Waals surface area contributed by atoms with Gasteiger partial charge in [0.2, 0.25) is 0 Å². The molecule has 0 spiro atoms. The fourth-order valence-electron chi connectivity index (χ4n) is 1.33. The number of aliphatic hydroxyl groups excluding tert-OH is 1. The predicted molar refractivity (Wildman–Crippen MR) is 77.2 cm³/mol. The molecule has 1 N–H and O–H groups in total. The zero-order chi connectivity index (χ0) is 16.3. The van der Waals surface area contributed by atoms with Crippen LogP contribution in [0, 0.1) is 5.41 Å². The molecule has 0 saturated carbocycles. The molecule has 0 aromatic rings. The van der Waals surface area contributed by atoms with Gasteiger partial charge in [-0.2, -0.15) is 0 Å². The molecular weight excluding hydrogens is 276 g/mol. The highest BCUT2D eigenvalue weighted by molar-refractivity contribution is 5.81. The number of carbonyl (C=O) groups is 2. The number of ether oxygens (including phenoxy) is 3. The molecule has 6 nitrogen and oxygen atoms in total. The monoisotopic (exact) mass is 298 g/mol. The van der Waals surface area contributed by atoms with E-state index in [4.69, 9.17) is 14.2 Å². The summed E-state index contributed by atoms with van der Waals surface area (Å²) in [6, 6.07) is 0. The highest BCUT2D eigenvalue weighted by atomic mass is 16.6. The van der Waals surface area contributed by atoms with Gasteiger partial charge in [-0.1, -0.05) is 26.7 Å². The van der Waals surface area contributed by atoms with Crippen molar-refractivity contribution < 1.29 is 28.9 Å². The summed E-state index contributed by atoms with van der Waals surface area (Å²) in [6.45, 7) is 11.8. The van der Waals surface area contributed by atoms with Crippen LogP contribution < -0.4 is 0 Å². The van der Waals surface area contributed by atoms with E-state index in [1.54, 1.807) is 0 Å². The number of carbonyl (C=O) groups excluding carboxylic acids is 2. The average molecular weight is 298 g/mol. The van der Waals surface area contributed by atoms with Gasteiger partial charge < -0.3 is 19.3 Å². The van der Waals surface area contributed by atoms with Crippen molar-refractivity contribution in [3.05, 3.63) is 38.0 Å². The lowest BCUT2D eigenvalue weighted by molar-refractivity contribution is -0.159. The summed E-state index contributed by atoms with van der Waals surface area (Å²) < 4.78 is 15.2. The van der Waals surface area contributed by atoms with Gasteiger partial charge in [0.1, 0.15) is 13.2 Å². The van der Waals surface area contributed by atoms with E-state index in [1.165, 1.54) is 6.08 Å². The number of aliphatic hydroxyl groups is 1. The second-order valence-corrected chi connectivity index (χ2v) is 4.41. The third kappa shape index (κ3) is 7.43. The van der Waals surface area contributed by atoms with Crippen LogP contribution in [0.5, 0.6) is 0 Å². The Bertz CT molecular complexity index is 364. The molecule has 0 heterocycles. The average Bonchev–Trinajstić information content (AvgIpc) is 2.53. The Hall–Kier alpha value is -1.92. The summed E-state index contributed by atoms with van der Waals surface area (Å²) in [5, 5.41) is 9.38. The van der Waals surface area contributed by atoms with E-state index in [-0.39, 0.29) is 19.8 Å². The van der Waals surface area contributed by atoms with Crippen molar-refractivity contribution in [1.82, 2.24) is 0 Å². The van der Waals surface area contributed by atoms with Gasteiger partial charge in [-0.25, -0.2) is 9.59 Å². The molecule has 21 heavy (non-hydrogen) atoms. The predicted octanol–water partition coefficient (Wildman–Crippen LogP) is 1.36. The maximum Gasteiger partial charge on any atom is 0.330 e. The lowest BCUT2D eigenvalue weighted by Crippen LogP contribution is -2.39. The van der Waals surface area contributed by atoms with Gasteiger partial charge in [-0.15, -0.1) is 0 Å². The first-order valence-electron chi connectivity index (χ1n) is 6.43. The normalized spacial score (nSPS) is 12.1. The molecule has 118 valence electrons. The fraction of sp³-hybridized carbons (Fsp3) is 0.467. The van der Waals surface area contributed by atoms with Crippen molar-refractivity contribution in [3.63, 3.8) is 0 Å². The van der Waals surface area contributed by atoms with Crippen LogP contribution in [0.1, 0.15) is 13.3 Å². The topological polar surface area (TPSA) is 82.1 Å². The molecule has 0 unspecified atom stereocenters. The van der Waals surface area contributed by atoms with Crippen LogP contribution in [0.3, 0.4) is 0 Å². The van der Waals surface area contributed by atoms with Crippen LogP contribution in [0.25, 0.3) is 0 Å². The molecule has 0 aliphatic heterocycles. The van der Waals surface area contributed by atoms with E-state index in [0.717, 1.165) is 12.2 Å². The van der Waals surface area contributed by atoms with Crippen molar-refractivity contribution in [3.8, 4) is 0 Å². The number of esters is 2. The maximum absolute atomic E-state index is 11.2. The molecule has 0 aliphatic carbocycles. The lowest BCUT2D eigenvalue weighted by Gasteiger charge is -2.31. The van der Waals surface area contributed by atoms with E-state index >= 15 is 0 Å². The Labute approximate surface area is 124 Å². The van der Waals surface area contributed by atoms with Crippen molar-refractivity contribution >= 4 is 11.9 Å². The summed E-state index contributed by atoms with van der Waals surface area (Å²) in [7, 11) is 0. The van der Waals surface area contributed by atoms with Crippen LogP contribution in [-0.2, 0) is 23.8 Å². The van der Waals surface area contributed by atoms with Gasteiger partial charge in [0.15, 0.2) is 6.29 Å². The van der Waals surface area contributed by atoms with Gasteiger partial charge in [-0.05, 0) is 12.5 Å². The second kappa shape index (κ2) is 9.90. The smallest absolute Gasteiger partial charge is 0.330 e. The second-order valence-electron chi connectivity index (χ2n) is 4.41. The number of hydrogen-bond donors (Lipinski definition) is 1. The third-order valence-electron chi connectivity index (χ3n) is 2.89. The van der Waals surface area contributed by atoms with Crippen LogP contribution in [-0.4, -0.2) is 43.2 Å². The minimum atomic E-state index is -1.15. The summed E-state index contributed by atoms with van der Waals surface area (Å²) in [5.74, 6) is -1.18. The van der Waals surface area contributed by atoms with Crippen molar-refractivity contribution in [2.24, 2.45) is 5.41 Å². The Morgan fingerprint density at radius 1 is 1.10 bits per heavy atom. The first-order valence-corrected chi connectivity index (χ1v) is 6.43. The van der Waals surface area contributed by atoms with Crippen LogP contribution >= 0.6 is 0 Å². The highest BCUT2D eigenvalue weighted by Gasteiger charge is 2.33. The van der Waals surface area contributed by atoms with E-state index in [0.29, 0.717) is 6.42 Å². The van der Waals surface area contributed by atoms with Crippen molar-refractivity contribution in [2.75, 3.05) is 19.8 Å². The Morgan fingerprint density at radius 2 is 1.57 bits per heavy atom. The number of hydrogen-bond acceptors (Lipinski definition) is 6. The van der Waals surface area contributed by atoms with Crippen molar-refractivity contribution in [2.45, 2.75) is 19.6 Å². The van der Waals surface area contributed by atoms with Crippen LogP contribution in [0.4, 0.5) is 0 Å². The molecule has 0 fully saturated rings. The lowest BCUT2D eigenvalue weighted by atomic mass is 9.88. The van der Waals surface area contributed by atoms with E-state index in [2.05, 4.69) is 19.7 Å². The van der Waals surface area contributed by atoms with Gasteiger partial charge >= 0.3 is 11.9 Å². The maximum atomic E-state index is 11.2. The first-order chi connectivity index (χ1) is 9.92. The SMILES string of the molecule is C=CC(=O)OCC(CC)(COC(=O)C=C)CO[C@@H](O)C=C. The third-order valence-corrected chi connectivity index (χ3v) is 2.89. The van der Waals surface area contributed by atoms with Gasteiger partial charge in [0, 0.05) is 12.2 Å². The number of rotatable bonds is 11. The molecule has 0 aromatic heterocycles. The molecule has 0 radical (unpaired) electrons. The van der Waals surface area contributed by atoms with E-state index in [1.807, 2.05) is 6.92 Å². The Balaban J connectivity index is 4.83. The van der Waals surface area contributed by atoms with Crippen LogP contribution in [0.2, 0.25) is 0 Å². The summed E-state index contributed by atoms with van der Waals surface area (Å²) in [4.78, 5) is 22.4. The van der Waals surface area contributed by atoms with E-state index in [9.17, 15) is 14.7 Å². The molecule has 0 aromatic carbocycles. The molecule has 1 atom stereocenters. The van der Waals surface area contributed by atoms with Crippen LogP contribution in [0.15, 0.2) is 38.0 Å². The summed E-state index contributed by atoms with van der Waals surface area (Å²) in [6.07, 6.45) is 2.63. The first kappa shape index (κ1) is 19.1. The Morgan fingerprint density at radius 3 is 1.90 bits per heavy atom. The van der Waals surface area contributed by atoms with E-state index < -0.39 is 23.6 Å². The minimum absolute atomic E-state index is 0.0194. The zero-order valence-electron chi connectivity index (χ0n) is 12.2. The molecule has 0 bridgehead atoms.